The maximum absolute atomic E-state index is 13.1. The number of benzene rings is 2. The van der Waals surface area contributed by atoms with Crippen LogP contribution < -0.4 is 5.32 Å². The van der Waals surface area contributed by atoms with Crippen LogP contribution in [0.1, 0.15) is 0 Å². The van der Waals surface area contributed by atoms with Gasteiger partial charge < -0.3 is 5.32 Å². The quantitative estimate of drug-likeness (QED) is 0.554. The highest BCUT2D eigenvalue weighted by molar-refractivity contribution is 8.13. The lowest BCUT2D eigenvalue weighted by Gasteiger charge is -2.08. The summed E-state index contributed by atoms with van der Waals surface area (Å²) in [7, 11) is 0. The number of amidine groups is 1. The van der Waals surface area contributed by atoms with Crippen molar-refractivity contribution in [3.63, 3.8) is 0 Å². The summed E-state index contributed by atoms with van der Waals surface area (Å²) in [5, 5.41) is 3.57. The molecule has 0 unspecified atom stereocenters. The maximum atomic E-state index is 13.1. The Morgan fingerprint density at radius 2 is 1.67 bits per heavy atom. The summed E-state index contributed by atoms with van der Waals surface area (Å²) in [6, 6.07) is 8.44. The van der Waals surface area contributed by atoms with Gasteiger partial charge in [0.25, 0.3) is 0 Å². The molecular weight excluding hydrogens is 337 g/mol. The van der Waals surface area contributed by atoms with Gasteiger partial charge in [-0.05, 0) is 42.7 Å². The van der Waals surface area contributed by atoms with Gasteiger partial charge in [0.15, 0.2) is 5.17 Å². The molecule has 0 saturated carbocycles. The average molecular weight is 347 g/mol. The van der Waals surface area contributed by atoms with Gasteiger partial charge in [0.2, 0.25) is 0 Å². The van der Waals surface area contributed by atoms with Crippen LogP contribution >= 0.6 is 35.0 Å². The van der Waals surface area contributed by atoms with E-state index in [0.717, 1.165) is 0 Å². The summed E-state index contributed by atoms with van der Waals surface area (Å²) >= 11 is 12.8. The zero-order valence-electron chi connectivity index (χ0n) is 10.8. The van der Waals surface area contributed by atoms with Crippen LogP contribution in [0.25, 0.3) is 0 Å². The predicted octanol–water partition coefficient (Wildman–Crippen LogP) is 5.73. The molecule has 21 heavy (non-hydrogen) atoms. The lowest BCUT2D eigenvalue weighted by atomic mass is 10.3. The molecular formula is C14H10Cl2F2N2S. The molecule has 0 fully saturated rings. The summed E-state index contributed by atoms with van der Waals surface area (Å²) in [5.74, 6) is -0.991. The van der Waals surface area contributed by atoms with E-state index in [1.54, 1.807) is 6.07 Å². The Bertz CT molecular complexity index is 693. The number of hydrogen-bond donors (Lipinski definition) is 1. The van der Waals surface area contributed by atoms with Gasteiger partial charge in [0.1, 0.15) is 11.6 Å². The minimum Gasteiger partial charge on any atom is -0.335 e. The van der Waals surface area contributed by atoms with Crippen molar-refractivity contribution in [1.82, 2.24) is 0 Å². The molecule has 2 rings (SSSR count). The number of anilines is 1. The van der Waals surface area contributed by atoms with Gasteiger partial charge in [-0.15, -0.1) is 0 Å². The first-order chi connectivity index (χ1) is 9.99. The molecule has 0 radical (unpaired) electrons. The molecule has 0 heterocycles. The van der Waals surface area contributed by atoms with Crippen molar-refractivity contribution in [2.45, 2.75) is 0 Å². The Balaban J connectivity index is 2.24. The third kappa shape index (κ3) is 4.33. The molecule has 0 aliphatic heterocycles. The van der Waals surface area contributed by atoms with Crippen LogP contribution in [0.15, 0.2) is 41.4 Å². The number of halogens is 4. The van der Waals surface area contributed by atoms with Gasteiger partial charge >= 0.3 is 0 Å². The SMILES string of the molecule is CSC(=Nc1ccc(F)c(Cl)c1)Nc1ccc(F)c(Cl)c1. The van der Waals surface area contributed by atoms with Crippen LogP contribution in [0.3, 0.4) is 0 Å². The first-order valence-corrected chi connectivity index (χ1v) is 7.77. The predicted molar refractivity (Wildman–Crippen MR) is 87.1 cm³/mol. The van der Waals surface area contributed by atoms with Crippen LogP contribution in [0.4, 0.5) is 20.2 Å². The Morgan fingerprint density at radius 3 is 2.24 bits per heavy atom. The normalized spacial score (nSPS) is 11.6. The minimum absolute atomic E-state index is 0.00142. The van der Waals surface area contributed by atoms with Gasteiger partial charge in [-0.2, -0.15) is 0 Å². The van der Waals surface area contributed by atoms with Gasteiger partial charge in [-0.3, -0.25) is 0 Å². The molecule has 0 spiro atoms. The van der Waals surface area contributed by atoms with Crippen LogP contribution in [-0.4, -0.2) is 11.4 Å². The molecule has 0 aromatic heterocycles. The van der Waals surface area contributed by atoms with E-state index in [9.17, 15) is 8.78 Å². The summed E-state index contributed by atoms with van der Waals surface area (Å²) in [5.41, 5.74) is 1.11. The Labute approximate surface area is 135 Å². The second-order valence-corrected chi connectivity index (χ2v) is 5.58. The molecule has 110 valence electrons. The average Bonchev–Trinajstić information content (AvgIpc) is 2.46. The van der Waals surface area contributed by atoms with E-state index in [0.29, 0.717) is 16.5 Å². The Kier molecular flexibility index (Phi) is 5.45. The highest BCUT2D eigenvalue weighted by Gasteiger charge is 2.05. The van der Waals surface area contributed by atoms with Gasteiger partial charge in [0, 0.05) is 5.69 Å². The third-order valence-corrected chi connectivity index (χ3v) is 3.66. The maximum Gasteiger partial charge on any atom is 0.165 e. The second-order valence-electron chi connectivity index (χ2n) is 3.97. The van der Waals surface area contributed by atoms with E-state index in [1.165, 1.54) is 42.1 Å². The van der Waals surface area contributed by atoms with E-state index >= 15 is 0 Å². The van der Waals surface area contributed by atoms with Crippen LogP contribution in [0.2, 0.25) is 10.0 Å². The van der Waals surface area contributed by atoms with Crippen LogP contribution in [-0.2, 0) is 0 Å². The summed E-state index contributed by atoms with van der Waals surface area (Å²) in [6.45, 7) is 0. The fourth-order valence-corrected chi connectivity index (χ4v) is 2.27. The fourth-order valence-electron chi connectivity index (χ4n) is 1.49. The molecule has 1 N–H and O–H groups in total. The second kappa shape index (κ2) is 7.11. The van der Waals surface area contributed by atoms with Gasteiger partial charge in [0.05, 0.1) is 15.7 Å². The van der Waals surface area contributed by atoms with Crippen LogP contribution in [0, 0.1) is 11.6 Å². The summed E-state index contributed by atoms with van der Waals surface area (Å²) in [4.78, 5) is 4.31. The number of hydrogen-bond acceptors (Lipinski definition) is 2. The lowest BCUT2D eigenvalue weighted by molar-refractivity contribution is 0.628. The zero-order valence-corrected chi connectivity index (χ0v) is 13.2. The van der Waals surface area contributed by atoms with E-state index in [4.69, 9.17) is 23.2 Å². The first kappa shape index (κ1) is 16.1. The molecule has 0 saturated heterocycles. The summed E-state index contributed by atoms with van der Waals surface area (Å²) < 4.78 is 26.2. The van der Waals surface area contributed by atoms with Crippen molar-refractivity contribution in [3.8, 4) is 0 Å². The van der Waals surface area contributed by atoms with Gasteiger partial charge in [-0.1, -0.05) is 35.0 Å². The monoisotopic (exact) mass is 346 g/mol. The van der Waals surface area contributed by atoms with Crippen molar-refractivity contribution in [2.24, 2.45) is 4.99 Å². The number of nitrogens with zero attached hydrogens (tertiary/aromatic N) is 1. The number of rotatable bonds is 2. The minimum atomic E-state index is -0.500. The summed E-state index contributed by atoms with van der Waals surface area (Å²) in [6.07, 6.45) is 1.82. The van der Waals surface area contributed by atoms with Crippen LogP contribution in [0.5, 0.6) is 0 Å². The largest absolute Gasteiger partial charge is 0.335 e. The first-order valence-electron chi connectivity index (χ1n) is 5.79. The fraction of sp³-hybridized carbons (Fsp3) is 0.0714. The van der Waals surface area contributed by atoms with Gasteiger partial charge in [-0.25, -0.2) is 13.8 Å². The topological polar surface area (TPSA) is 24.4 Å². The zero-order chi connectivity index (χ0) is 15.4. The highest BCUT2D eigenvalue weighted by Crippen LogP contribution is 2.24. The molecule has 7 heteroatoms. The molecule has 2 aromatic carbocycles. The molecule has 0 amide bonds. The molecule has 0 aliphatic carbocycles. The third-order valence-electron chi connectivity index (χ3n) is 2.50. The molecule has 0 atom stereocenters. The van der Waals surface area contributed by atoms with E-state index in [1.807, 2.05) is 6.26 Å². The standard InChI is InChI=1S/C14H10Cl2F2N2S/c1-21-14(19-8-2-4-12(17)10(15)6-8)20-9-3-5-13(18)11(16)7-9/h2-7H,1H3,(H,19,20). The smallest absolute Gasteiger partial charge is 0.165 e. The van der Waals surface area contributed by atoms with E-state index in [2.05, 4.69) is 10.3 Å². The van der Waals surface area contributed by atoms with Crippen molar-refractivity contribution >= 4 is 51.5 Å². The van der Waals surface area contributed by atoms with Crippen molar-refractivity contribution in [1.29, 1.82) is 0 Å². The molecule has 2 aromatic rings. The van der Waals surface area contributed by atoms with Crippen molar-refractivity contribution in [3.05, 3.63) is 58.1 Å². The number of thioether (sulfide) groups is 1. The van der Waals surface area contributed by atoms with E-state index < -0.39 is 11.6 Å². The number of nitrogens with one attached hydrogen (secondary N) is 1. The van der Waals surface area contributed by atoms with E-state index in [-0.39, 0.29) is 10.0 Å². The van der Waals surface area contributed by atoms with Crippen molar-refractivity contribution in [2.75, 3.05) is 11.6 Å². The molecule has 2 nitrogen and oxygen atoms in total. The molecule has 0 aliphatic rings. The highest BCUT2D eigenvalue weighted by atomic mass is 35.5. The lowest BCUT2D eigenvalue weighted by Crippen LogP contribution is -2.06. The molecule has 0 bridgehead atoms. The number of aliphatic imine (C=N–C) groups is 1. The van der Waals surface area contributed by atoms with Crippen molar-refractivity contribution < 1.29 is 8.78 Å². The Morgan fingerprint density at radius 1 is 1.05 bits per heavy atom. The Hall–Kier alpha value is -1.30.